The van der Waals surface area contributed by atoms with Crippen LogP contribution >= 0.6 is 0 Å². The van der Waals surface area contributed by atoms with Gasteiger partial charge in [0.1, 0.15) is 5.75 Å². The van der Waals surface area contributed by atoms with Crippen LogP contribution < -0.4 is 0 Å². The van der Waals surface area contributed by atoms with Crippen LogP contribution in [0, 0.1) is 0 Å². The second kappa shape index (κ2) is 3.59. The average molecular weight is 166 g/mol. The lowest BCUT2D eigenvalue weighted by Gasteiger charge is -2.14. The molecule has 0 saturated heterocycles. The lowest BCUT2D eigenvalue weighted by Crippen LogP contribution is -2.10. The number of phenolic OH excluding ortho intramolecular Hbond substituents is 1. The van der Waals surface area contributed by atoms with Crippen molar-refractivity contribution in [2.24, 2.45) is 0 Å². The summed E-state index contributed by atoms with van der Waals surface area (Å²) in [4.78, 5) is 0. The van der Waals surface area contributed by atoms with Crippen LogP contribution in [0.3, 0.4) is 0 Å². The van der Waals surface area contributed by atoms with Gasteiger partial charge in [0.05, 0.1) is 6.10 Å². The van der Waals surface area contributed by atoms with Gasteiger partial charge in [-0.25, -0.2) is 0 Å². The molecule has 0 spiro atoms. The molecule has 1 rings (SSSR count). The Bertz CT molecular complexity index is 239. The largest absolute Gasteiger partial charge is 0.508 e. The summed E-state index contributed by atoms with van der Waals surface area (Å²) >= 11 is 0. The van der Waals surface area contributed by atoms with Gasteiger partial charge in [-0.15, -0.1) is 0 Å². The van der Waals surface area contributed by atoms with Crippen molar-refractivity contribution in [3.63, 3.8) is 0 Å². The molecular weight excluding hydrogens is 152 g/mol. The van der Waals surface area contributed by atoms with Crippen LogP contribution in [0.25, 0.3) is 0 Å². The van der Waals surface area contributed by atoms with Crippen LogP contribution in [0.4, 0.5) is 0 Å². The van der Waals surface area contributed by atoms with Gasteiger partial charge in [0.25, 0.3) is 0 Å². The first-order valence-electron chi connectivity index (χ1n) is 4.08. The molecule has 66 valence electrons. The summed E-state index contributed by atoms with van der Waals surface area (Å²) in [6, 6.07) is 6.92. The molecule has 0 radical (unpaired) electrons. The number of benzene rings is 1. The number of aromatic hydroxyl groups is 1. The van der Waals surface area contributed by atoms with Crippen LogP contribution in [-0.4, -0.2) is 16.3 Å². The molecule has 0 aliphatic heterocycles. The fraction of sp³-hybridized carbons (Fsp3) is 0.400. The smallest absolute Gasteiger partial charge is 0.115 e. The minimum atomic E-state index is -0.352. The van der Waals surface area contributed by atoms with E-state index in [0.717, 1.165) is 5.56 Å². The van der Waals surface area contributed by atoms with Crippen molar-refractivity contribution in [2.45, 2.75) is 25.9 Å². The molecule has 0 saturated carbocycles. The minimum absolute atomic E-state index is 0.116. The Morgan fingerprint density at radius 3 is 2.00 bits per heavy atom. The van der Waals surface area contributed by atoms with Crippen LogP contribution in [0.2, 0.25) is 0 Å². The summed E-state index contributed by atoms with van der Waals surface area (Å²) in [5.74, 6) is 0.377. The first-order chi connectivity index (χ1) is 5.61. The molecule has 2 unspecified atom stereocenters. The van der Waals surface area contributed by atoms with Gasteiger partial charge < -0.3 is 10.2 Å². The predicted octanol–water partition coefficient (Wildman–Crippen LogP) is 1.88. The highest BCUT2D eigenvalue weighted by Crippen LogP contribution is 2.20. The Labute approximate surface area is 72.5 Å². The number of hydrogen-bond acceptors (Lipinski definition) is 2. The molecule has 2 N–H and O–H groups in total. The molecule has 1 aromatic rings. The van der Waals surface area contributed by atoms with Crippen LogP contribution in [0.1, 0.15) is 25.3 Å². The zero-order valence-corrected chi connectivity index (χ0v) is 7.36. The highest BCUT2D eigenvalue weighted by Gasteiger charge is 2.10. The zero-order chi connectivity index (χ0) is 9.14. The van der Waals surface area contributed by atoms with E-state index in [-0.39, 0.29) is 17.8 Å². The van der Waals surface area contributed by atoms with E-state index in [0.29, 0.717) is 0 Å². The van der Waals surface area contributed by atoms with Gasteiger partial charge in [-0.1, -0.05) is 19.1 Å². The Balaban J connectivity index is 2.82. The molecule has 0 amide bonds. The van der Waals surface area contributed by atoms with E-state index in [9.17, 15) is 5.11 Å². The maximum absolute atomic E-state index is 9.28. The second-order valence-corrected chi connectivity index (χ2v) is 3.12. The fourth-order valence-corrected chi connectivity index (χ4v) is 1.06. The molecular formula is C10H14O2. The summed E-state index contributed by atoms with van der Waals surface area (Å²) in [6.45, 7) is 3.72. The summed E-state index contributed by atoms with van der Waals surface area (Å²) in [6.07, 6.45) is -0.352. The van der Waals surface area contributed by atoms with E-state index in [1.165, 1.54) is 0 Å². The van der Waals surface area contributed by atoms with E-state index >= 15 is 0 Å². The maximum atomic E-state index is 9.28. The lowest BCUT2D eigenvalue weighted by atomic mass is 9.96. The molecule has 2 nitrogen and oxygen atoms in total. The van der Waals surface area contributed by atoms with Crippen LogP contribution in [0.15, 0.2) is 24.3 Å². The molecule has 0 aliphatic rings. The lowest BCUT2D eigenvalue weighted by molar-refractivity contribution is 0.169. The Kier molecular flexibility index (Phi) is 2.71. The number of aliphatic hydroxyl groups is 1. The standard InChI is InChI=1S/C10H14O2/c1-7(8(2)11)9-3-5-10(12)6-4-9/h3-8,11-12H,1-2H3. The molecule has 0 heterocycles. The van der Waals surface area contributed by atoms with Gasteiger partial charge in [0.2, 0.25) is 0 Å². The van der Waals surface area contributed by atoms with Gasteiger partial charge in [-0.05, 0) is 24.6 Å². The summed E-state index contributed by atoms with van der Waals surface area (Å²) in [5.41, 5.74) is 1.04. The van der Waals surface area contributed by atoms with E-state index < -0.39 is 0 Å². The number of hydrogen-bond donors (Lipinski definition) is 2. The van der Waals surface area contributed by atoms with E-state index in [1.54, 1.807) is 19.1 Å². The number of aliphatic hydroxyl groups excluding tert-OH is 1. The Morgan fingerprint density at radius 1 is 1.08 bits per heavy atom. The molecule has 0 fully saturated rings. The molecule has 2 atom stereocenters. The average Bonchev–Trinajstić information content (AvgIpc) is 2.04. The number of rotatable bonds is 2. The van der Waals surface area contributed by atoms with Crippen molar-refractivity contribution in [3.05, 3.63) is 29.8 Å². The van der Waals surface area contributed by atoms with E-state index in [1.807, 2.05) is 19.1 Å². The van der Waals surface area contributed by atoms with Gasteiger partial charge in [0, 0.05) is 5.92 Å². The highest BCUT2D eigenvalue weighted by atomic mass is 16.3. The van der Waals surface area contributed by atoms with Gasteiger partial charge in [-0.3, -0.25) is 0 Å². The van der Waals surface area contributed by atoms with Crippen LogP contribution in [0.5, 0.6) is 5.75 Å². The Hall–Kier alpha value is -1.02. The van der Waals surface area contributed by atoms with Crippen molar-refractivity contribution in [1.82, 2.24) is 0 Å². The predicted molar refractivity (Wildman–Crippen MR) is 48.2 cm³/mol. The van der Waals surface area contributed by atoms with Gasteiger partial charge in [-0.2, -0.15) is 0 Å². The topological polar surface area (TPSA) is 40.5 Å². The molecule has 0 aliphatic carbocycles. The SMILES string of the molecule is CC(O)C(C)c1ccc(O)cc1. The molecule has 1 aromatic carbocycles. The summed E-state index contributed by atoms with van der Waals surface area (Å²) < 4.78 is 0. The van der Waals surface area contributed by atoms with Crippen molar-refractivity contribution >= 4 is 0 Å². The quantitative estimate of drug-likeness (QED) is 0.704. The molecule has 0 bridgehead atoms. The third-order valence-electron chi connectivity index (χ3n) is 2.14. The first-order valence-corrected chi connectivity index (χ1v) is 4.08. The number of phenols is 1. The molecule has 12 heavy (non-hydrogen) atoms. The maximum Gasteiger partial charge on any atom is 0.115 e. The molecule has 2 heteroatoms. The zero-order valence-electron chi connectivity index (χ0n) is 7.36. The normalized spacial score (nSPS) is 15.6. The van der Waals surface area contributed by atoms with E-state index in [2.05, 4.69) is 0 Å². The van der Waals surface area contributed by atoms with Gasteiger partial charge >= 0.3 is 0 Å². The van der Waals surface area contributed by atoms with Crippen molar-refractivity contribution in [3.8, 4) is 5.75 Å². The monoisotopic (exact) mass is 166 g/mol. The van der Waals surface area contributed by atoms with Crippen molar-refractivity contribution in [2.75, 3.05) is 0 Å². The fourth-order valence-electron chi connectivity index (χ4n) is 1.06. The van der Waals surface area contributed by atoms with E-state index in [4.69, 9.17) is 5.11 Å². The third kappa shape index (κ3) is 1.98. The summed E-state index contributed by atoms with van der Waals surface area (Å²) in [5, 5.41) is 18.3. The molecule has 0 aromatic heterocycles. The Morgan fingerprint density at radius 2 is 1.58 bits per heavy atom. The van der Waals surface area contributed by atoms with Crippen LogP contribution in [-0.2, 0) is 0 Å². The minimum Gasteiger partial charge on any atom is -0.508 e. The second-order valence-electron chi connectivity index (χ2n) is 3.12. The van der Waals surface area contributed by atoms with Gasteiger partial charge in [0.15, 0.2) is 0 Å². The first kappa shape index (κ1) is 9.07. The third-order valence-corrected chi connectivity index (χ3v) is 2.14. The van der Waals surface area contributed by atoms with Crippen molar-refractivity contribution in [1.29, 1.82) is 0 Å². The summed E-state index contributed by atoms with van der Waals surface area (Å²) in [7, 11) is 0. The van der Waals surface area contributed by atoms with Crippen molar-refractivity contribution < 1.29 is 10.2 Å². The highest BCUT2D eigenvalue weighted by molar-refractivity contribution is 5.28.